The van der Waals surface area contributed by atoms with Crippen LogP contribution in [0.2, 0.25) is 0 Å². The van der Waals surface area contributed by atoms with Gasteiger partial charge in [0.15, 0.2) is 0 Å². The number of nitrogens with two attached hydrogens (primary N) is 1. The number of hydrogen-bond acceptors (Lipinski definition) is 4. The van der Waals surface area contributed by atoms with Crippen LogP contribution < -0.4 is 10.5 Å². The smallest absolute Gasteiger partial charge is 0.240 e. The van der Waals surface area contributed by atoms with Gasteiger partial charge in [-0.3, -0.25) is 4.79 Å². The number of nitrogens with one attached hydrogen (secondary N) is 1. The summed E-state index contributed by atoms with van der Waals surface area (Å²) >= 11 is 0. The molecule has 0 spiro atoms. The van der Waals surface area contributed by atoms with Crippen molar-refractivity contribution in [2.75, 3.05) is 19.3 Å². The molecule has 1 aliphatic heterocycles. The molecule has 1 amide bonds. The Morgan fingerprint density at radius 3 is 2.84 bits per heavy atom. The first-order valence-corrected chi connectivity index (χ1v) is 8.36. The van der Waals surface area contributed by atoms with Crippen molar-refractivity contribution in [3.8, 4) is 0 Å². The van der Waals surface area contributed by atoms with Gasteiger partial charge in [-0.05, 0) is 25.7 Å². The van der Waals surface area contributed by atoms with E-state index in [2.05, 4.69) is 11.3 Å². The van der Waals surface area contributed by atoms with Crippen molar-refractivity contribution in [2.24, 2.45) is 5.73 Å². The number of amides is 1. The number of carbonyl (C=O) groups is 1. The zero-order valence-electron chi connectivity index (χ0n) is 11.3. The molecule has 2 atom stereocenters. The zero-order chi connectivity index (χ0) is 14.5. The van der Waals surface area contributed by atoms with E-state index in [0.717, 1.165) is 25.5 Å². The van der Waals surface area contributed by atoms with Crippen molar-refractivity contribution in [3.63, 3.8) is 0 Å². The van der Waals surface area contributed by atoms with Crippen molar-refractivity contribution >= 4 is 15.9 Å². The number of carbonyl (C=O) groups excluding carboxylic acids is 1. The first kappa shape index (κ1) is 16.1. The van der Waals surface area contributed by atoms with E-state index in [-0.39, 0.29) is 18.5 Å². The Bertz CT molecular complexity index is 422. The fraction of sp³-hybridized carbons (Fsp3) is 0.750. The third-order valence-electron chi connectivity index (χ3n) is 3.23. The number of sulfonamides is 1. The normalized spacial score (nSPS) is 22.0. The van der Waals surface area contributed by atoms with Crippen LogP contribution in [0.25, 0.3) is 0 Å². The van der Waals surface area contributed by atoms with Gasteiger partial charge >= 0.3 is 0 Å². The molecule has 1 aliphatic rings. The molecule has 1 saturated heterocycles. The molecule has 110 valence electrons. The van der Waals surface area contributed by atoms with Gasteiger partial charge in [-0.2, -0.15) is 0 Å². The van der Waals surface area contributed by atoms with Crippen LogP contribution in [0.3, 0.4) is 0 Å². The second-order valence-electron chi connectivity index (χ2n) is 4.93. The Kier molecular flexibility index (Phi) is 5.96. The van der Waals surface area contributed by atoms with Gasteiger partial charge in [0.05, 0.1) is 12.3 Å². The number of rotatable bonds is 6. The minimum absolute atomic E-state index is 0.105. The van der Waals surface area contributed by atoms with E-state index in [0.29, 0.717) is 13.0 Å². The van der Waals surface area contributed by atoms with Gasteiger partial charge in [-0.25, -0.2) is 13.1 Å². The molecule has 7 heteroatoms. The molecule has 0 aromatic carbocycles. The minimum atomic E-state index is -3.24. The SMILES string of the molecule is C=CCC(N)C(=O)N1CCCCC1CNS(C)(=O)=O. The summed E-state index contributed by atoms with van der Waals surface area (Å²) < 4.78 is 24.7. The van der Waals surface area contributed by atoms with E-state index >= 15 is 0 Å². The first-order valence-electron chi connectivity index (χ1n) is 6.46. The van der Waals surface area contributed by atoms with Crippen LogP contribution in [-0.2, 0) is 14.8 Å². The highest BCUT2D eigenvalue weighted by atomic mass is 32.2. The molecule has 6 nitrogen and oxygen atoms in total. The van der Waals surface area contributed by atoms with E-state index in [4.69, 9.17) is 5.73 Å². The number of nitrogens with zero attached hydrogens (tertiary/aromatic N) is 1. The summed E-state index contributed by atoms with van der Waals surface area (Å²) in [5.74, 6) is -0.125. The Morgan fingerprint density at radius 1 is 1.58 bits per heavy atom. The maximum absolute atomic E-state index is 12.2. The summed E-state index contributed by atoms with van der Waals surface area (Å²) in [7, 11) is -3.24. The summed E-state index contributed by atoms with van der Waals surface area (Å²) in [6.45, 7) is 4.47. The molecule has 3 N–H and O–H groups in total. The second kappa shape index (κ2) is 7.02. The van der Waals surface area contributed by atoms with Gasteiger partial charge < -0.3 is 10.6 Å². The predicted octanol–water partition coefficient (Wildman–Crippen LogP) is -0.180. The number of hydrogen-bond donors (Lipinski definition) is 2. The quantitative estimate of drug-likeness (QED) is 0.663. The number of piperidine rings is 1. The lowest BCUT2D eigenvalue weighted by atomic mass is 10.0. The molecule has 1 rings (SSSR count). The van der Waals surface area contributed by atoms with Gasteiger partial charge in [0.1, 0.15) is 0 Å². The molecule has 0 aromatic rings. The van der Waals surface area contributed by atoms with Gasteiger partial charge in [0.25, 0.3) is 0 Å². The highest BCUT2D eigenvalue weighted by Gasteiger charge is 2.29. The highest BCUT2D eigenvalue weighted by molar-refractivity contribution is 7.88. The Labute approximate surface area is 115 Å². The Hall–Kier alpha value is -0.920. The molecule has 2 unspecified atom stereocenters. The molecule has 0 saturated carbocycles. The third kappa shape index (κ3) is 5.30. The van der Waals surface area contributed by atoms with E-state index in [1.165, 1.54) is 0 Å². The fourth-order valence-electron chi connectivity index (χ4n) is 2.24. The summed E-state index contributed by atoms with van der Waals surface area (Å²) in [6.07, 6.45) is 5.90. The van der Waals surface area contributed by atoms with Crippen molar-refractivity contribution in [1.82, 2.24) is 9.62 Å². The van der Waals surface area contributed by atoms with Gasteiger partial charge in [-0.1, -0.05) is 6.08 Å². The van der Waals surface area contributed by atoms with Gasteiger partial charge in [0, 0.05) is 19.1 Å². The summed E-state index contributed by atoms with van der Waals surface area (Å²) in [6, 6.07) is -0.692. The topological polar surface area (TPSA) is 92.5 Å². The van der Waals surface area contributed by atoms with E-state index in [1.807, 2.05) is 0 Å². The molecule has 1 fully saturated rings. The fourth-order valence-corrected chi connectivity index (χ4v) is 2.74. The van der Waals surface area contributed by atoms with Crippen LogP contribution in [0.5, 0.6) is 0 Å². The highest BCUT2D eigenvalue weighted by Crippen LogP contribution is 2.18. The largest absolute Gasteiger partial charge is 0.337 e. The molecule has 1 heterocycles. The maximum Gasteiger partial charge on any atom is 0.240 e. The molecule has 0 aromatic heterocycles. The van der Waals surface area contributed by atoms with Crippen molar-refractivity contribution in [2.45, 2.75) is 37.8 Å². The number of likely N-dealkylation sites (tertiary alicyclic amines) is 1. The van der Waals surface area contributed by atoms with Crippen LogP contribution in [0.4, 0.5) is 0 Å². The van der Waals surface area contributed by atoms with Gasteiger partial charge in [-0.15, -0.1) is 6.58 Å². The molecular weight excluding hydrogens is 266 g/mol. The molecular formula is C12H23N3O3S. The average molecular weight is 289 g/mol. The summed E-state index contributed by atoms with van der Waals surface area (Å²) in [5, 5.41) is 0. The Morgan fingerprint density at radius 2 is 2.26 bits per heavy atom. The third-order valence-corrected chi connectivity index (χ3v) is 3.92. The van der Waals surface area contributed by atoms with Crippen molar-refractivity contribution in [3.05, 3.63) is 12.7 Å². The zero-order valence-corrected chi connectivity index (χ0v) is 12.2. The van der Waals surface area contributed by atoms with Gasteiger partial charge in [0.2, 0.25) is 15.9 Å². The second-order valence-corrected chi connectivity index (χ2v) is 6.77. The molecule has 0 radical (unpaired) electrons. The van der Waals surface area contributed by atoms with Crippen molar-refractivity contribution < 1.29 is 13.2 Å². The predicted molar refractivity (Wildman–Crippen MR) is 75.0 cm³/mol. The Balaban J connectivity index is 2.66. The molecule has 0 bridgehead atoms. The van der Waals surface area contributed by atoms with E-state index in [9.17, 15) is 13.2 Å². The minimum Gasteiger partial charge on any atom is -0.337 e. The van der Waals surface area contributed by atoms with Crippen LogP contribution in [-0.4, -0.2) is 50.7 Å². The molecule has 19 heavy (non-hydrogen) atoms. The van der Waals surface area contributed by atoms with Crippen LogP contribution in [0, 0.1) is 0 Å². The summed E-state index contributed by atoms with van der Waals surface area (Å²) in [5.41, 5.74) is 5.80. The average Bonchev–Trinajstić information content (AvgIpc) is 2.35. The van der Waals surface area contributed by atoms with Crippen LogP contribution in [0.15, 0.2) is 12.7 Å². The van der Waals surface area contributed by atoms with Crippen LogP contribution >= 0.6 is 0 Å². The van der Waals surface area contributed by atoms with E-state index < -0.39 is 16.1 Å². The van der Waals surface area contributed by atoms with Crippen molar-refractivity contribution in [1.29, 1.82) is 0 Å². The monoisotopic (exact) mass is 289 g/mol. The molecule has 0 aliphatic carbocycles. The standard InChI is InChI=1S/C12H23N3O3S/c1-3-6-11(13)12(16)15-8-5-4-7-10(15)9-14-19(2,17)18/h3,10-11,14H,1,4-9,13H2,2H3. The first-order chi connectivity index (χ1) is 8.85. The lowest BCUT2D eigenvalue weighted by molar-refractivity contribution is -0.136. The summed E-state index contributed by atoms with van der Waals surface area (Å²) in [4.78, 5) is 13.9. The van der Waals surface area contributed by atoms with Crippen LogP contribution in [0.1, 0.15) is 25.7 Å². The van der Waals surface area contributed by atoms with E-state index in [1.54, 1.807) is 11.0 Å². The lowest BCUT2D eigenvalue weighted by Gasteiger charge is -2.37. The maximum atomic E-state index is 12.2. The lowest BCUT2D eigenvalue weighted by Crippen LogP contribution is -2.54.